The Bertz CT molecular complexity index is 444. The molecule has 0 aliphatic heterocycles. The summed E-state index contributed by atoms with van der Waals surface area (Å²) in [4.78, 5) is 23.2. The van der Waals surface area contributed by atoms with Gasteiger partial charge in [-0.1, -0.05) is 27.7 Å². The summed E-state index contributed by atoms with van der Waals surface area (Å²) in [6.07, 6.45) is 5.10. The predicted molar refractivity (Wildman–Crippen MR) is 86.4 cm³/mol. The van der Waals surface area contributed by atoms with E-state index in [0.29, 0.717) is 17.4 Å². The Morgan fingerprint density at radius 3 is 2.43 bits per heavy atom. The summed E-state index contributed by atoms with van der Waals surface area (Å²) in [6, 6.07) is 0.254. The van der Waals surface area contributed by atoms with Gasteiger partial charge in [-0.25, -0.2) is 4.98 Å². The highest BCUT2D eigenvalue weighted by Gasteiger charge is 2.24. The molecule has 1 amide bonds. The number of hydrogen-bond donors (Lipinski definition) is 1. The molecule has 21 heavy (non-hydrogen) atoms. The summed E-state index contributed by atoms with van der Waals surface area (Å²) in [5.74, 6) is 1.06. The summed E-state index contributed by atoms with van der Waals surface area (Å²) in [5, 5.41) is 3.10. The Morgan fingerprint density at radius 2 is 1.90 bits per heavy atom. The Hall–Kier alpha value is -1.65. The van der Waals surface area contributed by atoms with Crippen molar-refractivity contribution in [2.75, 3.05) is 18.4 Å². The average Bonchev–Trinajstić information content (AvgIpc) is 2.47. The Kier molecular flexibility index (Phi) is 7.12. The van der Waals surface area contributed by atoms with E-state index < -0.39 is 0 Å². The van der Waals surface area contributed by atoms with Crippen molar-refractivity contribution in [3.63, 3.8) is 0 Å². The number of amides is 1. The highest BCUT2D eigenvalue weighted by molar-refractivity contribution is 5.92. The van der Waals surface area contributed by atoms with Crippen molar-refractivity contribution in [3.05, 3.63) is 18.1 Å². The maximum absolute atomic E-state index is 12.8. The Morgan fingerprint density at radius 1 is 1.24 bits per heavy atom. The zero-order chi connectivity index (χ0) is 15.8. The monoisotopic (exact) mass is 292 g/mol. The van der Waals surface area contributed by atoms with Gasteiger partial charge in [0.1, 0.15) is 11.5 Å². The molecule has 0 atom stereocenters. The van der Waals surface area contributed by atoms with E-state index in [-0.39, 0.29) is 11.9 Å². The van der Waals surface area contributed by atoms with Crippen LogP contribution in [0.3, 0.4) is 0 Å². The van der Waals surface area contributed by atoms with Crippen LogP contribution in [0.4, 0.5) is 5.82 Å². The van der Waals surface area contributed by atoms with Crippen LogP contribution in [-0.4, -0.2) is 39.9 Å². The van der Waals surface area contributed by atoms with Gasteiger partial charge >= 0.3 is 0 Å². The maximum Gasteiger partial charge on any atom is 0.274 e. The molecule has 0 aromatic carbocycles. The standard InChI is InChI=1S/C16H28N4O/c1-6-13(7-2)20(11-12(4)5)16(21)14-9-17-10-15(19-14)18-8-3/h9-10,12-13H,6-8,11H2,1-5H3,(H,18,19). The topological polar surface area (TPSA) is 58.1 Å². The summed E-state index contributed by atoms with van der Waals surface area (Å²) < 4.78 is 0. The van der Waals surface area contributed by atoms with Gasteiger partial charge in [0.15, 0.2) is 0 Å². The lowest BCUT2D eigenvalue weighted by Crippen LogP contribution is -2.42. The summed E-state index contributed by atoms with van der Waals surface area (Å²) in [5.41, 5.74) is 0.418. The van der Waals surface area contributed by atoms with Crippen LogP contribution in [0.1, 0.15) is 57.9 Å². The maximum atomic E-state index is 12.8. The molecule has 1 N–H and O–H groups in total. The summed E-state index contributed by atoms with van der Waals surface area (Å²) >= 11 is 0. The molecule has 0 radical (unpaired) electrons. The van der Waals surface area contributed by atoms with Crippen molar-refractivity contribution in [2.45, 2.75) is 53.5 Å². The molecule has 0 aliphatic carbocycles. The lowest BCUT2D eigenvalue weighted by Gasteiger charge is -2.31. The third-order valence-electron chi connectivity index (χ3n) is 3.42. The molecule has 0 bridgehead atoms. The van der Waals surface area contributed by atoms with Gasteiger partial charge in [-0.3, -0.25) is 9.78 Å². The quantitative estimate of drug-likeness (QED) is 0.799. The minimum Gasteiger partial charge on any atom is -0.369 e. The van der Waals surface area contributed by atoms with Gasteiger partial charge in [-0.05, 0) is 25.7 Å². The Labute approximate surface area is 128 Å². The van der Waals surface area contributed by atoms with E-state index in [1.54, 1.807) is 12.4 Å². The van der Waals surface area contributed by atoms with E-state index in [1.165, 1.54) is 0 Å². The lowest BCUT2D eigenvalue weighted by molar-refractivity contribution is 0.0634. The first-order chi connectivity index (χ1) is 10.0. The van der Waals surface area contributed by atoms with Crippen molar-refractivity contribution in [1.29, 1.82) is 0 Å². The first kappa shape index (κ1) is 17.4. The molecule has 5 heteroatoms. The number of nitrogens with one attached hydrogen (secondary N) is 1. The summed E-state index contributed by atoms with van der Waals surface area (Å²) in [6.45, 7) is 12.0. The minimum absolute atomic E-state index is 0.0235. The molecule has 1 aromatic heterocycles. The van der Waals surface area contributed by atoms with Crippen molar-refractivity contribution in [2.24, 2.45) is 5.92 Å². The van der Waals surface area contributed by atoms with Crippen LogP contribution < -0.4 is 5.32 Å². The Balaban J connectivity index is 3.00. The molecule has 0 unspecified atom stereocenters. The molecule has 0 saturated carbocycles. The fourth-order valence-electron chi connectivity index (χ4n) is 2.40. The van der Waals surface area contributed by atoms with Gasteiger partial charge in [-0.2, -0.15) is 0 Å². The molecular weight excluding hydrogens is 264 g/mol. The third-order valence-corrected chi connectivity index (χ3v) is 3.42. The highest BCUT2D eigenvalue weighted by Crippen LogP contribution is 2.15. The predicted octanol–water partition coefficient (Wildman–Crippen LogP) is 3.20. The third kappa shape index (κ3) is 4.99. The van der Waals surface area contributed by atoms with Gasteiger partial charge in [-0.15, -0.1) is 0 Å². The zero-order valence-corrected chi connectivity index (χ0v) is 13.9. The van der Waals surface area contributed by atoms with E-state index in [0.717, 1.165) is 25.9 Å². The average molecular weight is 292 g/mol. The molecule has 0 aliphatic rings. The number of aromatic nitrogens is 2. The molecular formula is C16H28N4O. The van der Waals surface area contributed by atoms with Crippen LogP contribution in [0.25, 0.3) is 0 Å². The van der Waals surface area contributed by atoms with E-state index in [1.807, 2.05) is 11.8 Å². The number of anilines is 1. The number of hydrogen-bond acceptors (Lipinski definition) is 4. The fraction of sp³-hybridized carbons (Fsp3) is 0.688. The second kappa shape index (κ2) is 8.60. The smallest absolute Gasteiger partial charge is 0.274 e. The van der Waals surface area contributed by atoms with Crippen LogP contribution in [0, 0.1) is 5.92 Å². The van der Waals surface area contributed by atoms with E-state index in [2.05, 4.69) is 43.0 Å². The lowest BCUT2D eigenvalue weighted by atomic mass is 10.1. The largest absolute Gasteiger partial charge is 0.369 e. The van der Waals surface area contributed by atoms with Crippen LogP contribution in [0.5, 0.6) is 0 Å². The number of carbonyl (C=O) groups is 1. The van der Waals surface area contributed by atoms with Crippen molar-refractivity contribution < 1.29 is 4.79 Å². The van der Waals surface area contributed by atoms with Crippen LogP contribution in [0.2, 0.25) is 0 Å². The second-order valence-corrected chi connectivity index (χ2v) is 5.64. The van der Waals surface area contributed by atoms with Gasteiger partial charge in [0, 0.05) is 19.1 Å². The van der Waals surface area contributed by atoms with E-state index >= 15 is 0 Å². The SMILES string of the molecule is CCNc1cncc(C(=O)N(CC(C)C)C(CC)CC)n1. The second-order valence-electron chi connectivity index (χ2n) is 5.64. The number of rotatable bonds is 8. The normalized spacial score (nSPS) is 11.0. The number of nitrogens with zero attached hydrogens (tertiary/aromatic N) is 3. The first-order valence-corrected chi connectivity index (χ1v) is 7.90. The fourth-order valence-corrected chi connectivity index (χ4v) is 2.40. The molecule has 5 nitrogen and oxygen atoms in total. The van der Waals surface area contributed by atoms with Gasteiger partial charge in [0.25, 0.3) is 5.91 Å². The van der Waals surface area contributed by atoms with Gasteiger partial charge in [0.05, 0.1) is 12.4 Å². The minimum atomic E-state index is -0.0235. The zero-order valence-electron chi connectivity index (χ0n) is 13.9. The summed E-state index contributed by atoms with van der Waals surface area (Å²) in [7, 11) is 0. The molecule has 1 heterocycles. The molecule has 118 valence electrons. The van der Waals surface area contributed by atoms with Crippen LogP contribution >= 0.6 is 0 Å². The van der Waals surface area contributed by atoms with Crippen LogP contribution in [-0.2, 0) is 0 Å². The van der Waals surface area contributed by atoms with E-state index in [4.69, 9.17) is 0 Å². The van der Waals surface area contributed by atoms with Crippen molar-refractivity contribution in [3.8, 4) is 0 Å². The molecule has 0 spiro atoms. The molecule has 1 rings (SSSR count). The van der Waals surface area contributed by atoms with Crippen molar-refractivity contribution >= 4 is 11.7 Å². The highest BCUT2D eigenvalue weighted by atomic mass is 16.2. The van der Waals surface area contributed by atoms with Gasteiger partial charge < -0.3 is 10.2 Å². The first-order valence-electron chi connectivity index (χ1n) is 7.90. The van der Waals surface area contributed by atoms with Gasteiger partial charge in [0.2, 0.25) is 0 Å². The molecule has 1 aromatic rings. The molecule has 0 fully saturated rings. The van der Waals surface area contributed by atoms with Crippen molar-refractivity contribution in [1.82, 2.24) is 14.9 Å². The van der Waals surface area contributed by atoms with E-state index in [9.17, 15) is 4.79 Å². The number of carbonyl (C=O) groups excluding carboxylic acids is 1. The van der Waals surface area contributed by atoms with Crippen LogP contribution in [0.15, 0.2) is 12.4 Å². The molecule has 0 saturated heterocycles.